The first-order chi connectivity index (χ1) is 14.5. The summed E-state index contributed by atoms with van der Waals surface area (Å²) in [5.74, 6) is 0.518. The molecule has 10 heteroatoms. The Hall–Kier alpha value is -0.400. The molecule has 180 valence electrons. The average Bonchev–Trinajstić information content (AvgIpc) is 3.06. The molecule has 4 aliphatic rings. The van der Waals surface area contributed by atoms with E-state index >= 15 is 0 Å². The Balaban J connectivity index is 1.39. The minimum atomic E-state index is -1.50. The van der Waals surface area contributed by atoms with Gasteiger partial charge in [-0.2, -0.15) is 0 Å². The first-order valence-corrected chi connectivity index (χ1v) is 11.1. The molecule has 31 heavy (non-hydrogen) atoms. The second-order valence-corrected chi connectivity index (χ2v) is 10.3. The molecule has 2 saturated heterocycles. The van der Waals surface area contributed by atoms with Crippen LogP contribution in [0.2, 0.25) is 0 Å². The summed E-state index contributed by atoms with van der Waals surface area (Å²) in [6, 6.07) is 0. The number of rotatable bonds is 5. The molecule has 2 saturated carbocycles. The number of aliphatic hydroxyl groups is 6. The highest BCUT2D eigenvalue weighted by molar-refractivity contribution is 5.11. The molecule has 2 heterocycles. The molecule has 12 atom stereocenters. The molecular formula is C21H36O10. The number of fused-ring (bicyclic) bond motifs is 2. The smallest absolute Gasteiger partial charge is 0.186 e. The van der Waals surface area contributed by atoms with E-state index in [1.165, 1.54) is 0 Å². The summed E-state index contributed by atoms with van der Waals surface area (Å²) in [5.41, 5.74) is 0.0164. The van der Waals surface area contributed by atoms with Crippen LogP contribution in [0.15, 0.2) is 0 Å². The van der Waals surface area contributed by atoms with Gasteiger partial charge in [-0.3, -0.25) is 0 Å². The lowest BCUT2D eigenvalue weighted by molar-refractivity contribution is -0.333. The van der Waals surface area contributed by atoms with Crippen LogP contribution >= 0.6 is 0 Å². The summed E-state index contributed by atoms with van der Waals surface area (Å²) in [6.45, 7) is 6.16. The van der Waals surface area contributed by atoms with Gasteiger partial charge in [0.2, 0.25) is 0 Å². The highest BCUT2D eigenvalue weighted by Gasteiger charge is 2.63. The Labute approximate surface area is 181 Å². The summed E-state index contributed by atoms with van der Waals surface area (Å²) in [4.78, 5) is 0. The van der Waals surface area contributed by atoms with Gasteiger partial charge in [0.25, 0.3) is 0 Å². The van der Waals surface area contributed by atoms with Gasteiger partial charge < -0.3 is 49.6 Å². The molecule has 2 aliphatic carbocycles. The van der Waals surface area contributed by atoms with Gasteiger partial charge in [-0.15, -0.1) is 0 Å². The fraction of sp³-hybridized carbons (Fsp3) is 1.00. The maximum absolute atomic E-state index is 10.5. The predicted molar refractivity (Wildman–Crippen MR) is 104 cm³/mol. The summed E-state index contributed by atoms with van der Waals surface area (Å²) in [6.07, 6.45) is -9.10. The van der Waals surface area contributed by atoms with Crippen molar-refractivity contribution in [2.24, 2.45) is 16.7 Å². The maximum Gasteiger partial charge on any atom is 0.186 e. The molecule has 10 nitrogen and oxygen atoms in total. The first kappa shape index (κ1) is 23.7. The van der Waals surface area contributed by atoms with Gasteiger partial charge in [0.15, 0.2) is 12.6 Å². The lowest BCUT2D eigenvalue weighted by Gasteiger charge is -2.45. The van der Waals surface area contributed by atoms with Crippen LogP contribution in [0.25, 0.3) is 0 Å². The van der Waals surface area contributed by atoms with E-state index in [2.05, 4.69) is 20.8 Å². The molecule has 2 aliphatic heterocycles. The fourth-order valence-electron chi connectivity index (χ4n) is 5.78. The molecule has 6 N–H and O–H groups in total. The highest BCUT2D eigenvalue weighted by Crippen LogP contribution is 2.66. The van der Waals surface area contributed by atoms with Crippen LogP contribution in [0.3, 0.4) is 0 Å². The lowest BCUT2D eigenvalue weighted by atomic mass is 9.70. The van der Waals surface area contributed by atoms with E-state index in [0.717, 1.165) is 19.3 Å². The summed E-state index contributed by atoms with van der Waals surface area (Å²) >= 11 is 0. The quantitative estimate of drug-likeness (QED) is 0.292. The zero-order valence-corrected chi connectivity index (χ0v) is 18.2. The van der Waals surface area contributed by atoms with Crippen molar-refractivity contribution >= 4 is 0 Å². The van der Waals surface area contributed by atoms with Crippen LogP contribution in [0, 0.1) is 16.7 Å². The van der Waals surface area contributed by atoms with E-state index in [1.54, 1.807) is 0 Å². The molecule has 0 aromatic heterocycles. The van der Waals surface area contributed by atoms with Crippen molar-refractivity contribution in [1.29, 1.82) is 0 Å². The summed E-state index contributed by atoms with van der Waals surface area (Å²) in [5, 5.41) is 60.5. The van der Waals surface area contributed by atoms with Gasteiger partial charge in [0.05, 0.1) is 19.3 Å². The van der Waals surface area contributed by atoms with Gasteiger partial charge in [0.1, 0.15) is 42.7 Å². The summed E-state index contributed by atoms with van der Waals surface area (Å²) in [7, 11) is 0. The van der Waals surface area contributed by atoms with Crippen molar-refractivity contribution in [3.63, 3.8) is 0 Å². The Kier molecular flexibility index (Phi) is 6.46. The van der Waals surface area contributed by atoms with Crippen LogP contribution in [0.5, 0.6) is 0 Å². The van der Waals surface area contributed by atoms with Gasteiger partial charge in [-0.05, 0) is 36.0 Å². The van der Waals surface area contributed by atoms with Crippen molar-refractivity contribution in [3.05, 3.63) is 0 Å². The fourth-order valence-corrected chi connectivity index (χ4v) is 5.78. The number of hydrogen-bond donors (Lipinski definition) is 6. The maximum atomic E-state index is 10.5. The van der Waals surface area contributed by atoms with E-state index in [4.69, 9.17) is 18.9 Å². The van der Waals surface area contributed by atoms with Crippen LogP contribution < -0.4 is 0 Å². The number of hydrogen-bond acceptors (Lipinski definition) is 10. The summed E-state index contributed by atoms with van der Waals surface area (Å²) < 4.78 is 22.6. The van der Waals surface area contributed by atoms with E-state index < -0.39 is 55.3 Å². The van der Waals surface area contributed by atoms with Crippen molar-refractivity contribution in [1.82, 2.24) is 0 Å². The van der Waals surface area contributed by atoms with Crippen LogP contribution in [0.1, 0.15) is 40.0 Å². The molecule has 4 rings (SSSR count). The van der Waals surface area contributed by atoms with E-state index in [9.17, 15) is 30.6 Å². The molecule has 0 aromatic rings. The zero-order chi connectivity index (χ0) is 22.7. The number of ether oxygens (including phenoxy) is 4. The number of aliphatic hydroxyl groups excluding tert-OH is 6. The van der Waals surface area contributed by atoms with Gasteiger partial charge in [0, 0.05) is 0 Å². The monoisotopic (exact) mass is 448 g/mol. The molecule has 0 aromatic carbocycles. The van der Waals surface area contributed by atoms with E-state index in [0.29, 0.717) is 5.92 Å². The highest BCUT2D eigenvalue weighted by atomic mass is 16.7. The topological polar surface area (TPSA) is 158 Å². The van der Waals surface area contributed by atoms with Crippen molar-refractivity contribution < 1.29 is 49.6 Å². The minimum Gasteiger partial charge on any atom is -0.388 e. The Morgan fingerprint density at radius 3 is 2.16 bits per heavy atom. The Morgan fingerprint density at radius 1 is 0.871 bits per heavy atom. The molecular weight excluding hydrogens is 412 g/mol. The lowest BCUT2D eigenvalue weighted by Crippen LogP contribution is -2.61. The average molecular weight is 449 g/mol. The Morgan fingerprint density at radius 2 is 1.55 bits per heavy atom. The van der Waals surface area contributed by atoms with E-state index in [-0.39, 0.29) is 30.1 Å². The van der Waals surface area contributed by atoms with Crippen molar-refractivity contribution in [2.75, 3.05) is 13.2 Å². The zero-order valence-electron chi connectivity index (χ0n) is 18.2. The predicted octanol–water partition coefficient (Wildman–Crippen LogP) is -1.52. The second-order valence-electron chi connectivity index (χ2n) is 10.3. The molecule has 2 bridgehead atoms. The van der Waals surface area contributed by atoms with Gasteiger partial charge in [-0.1, -0.05) is 20.8 Å². The van der Waals surface area contributed by atoms with Gasteiger partial charge >= 0.3 is 0 Å². The van der Waals surface area contributed by atoms with Crippen LogP contribution in [-0.2, 0) is 18.9 Å². The van der Waals surface area contributed by atoms with Crippen molar-refractivity contribution in [3.8, 4) is 0 Å². The first-order valence-electron chi connectivity index (χ1n) is 11.1. The molecule has 0 amide bonds. The normalized spacial score (nSPS) is 54.3. The van der Waals surface area contributed by atoms with E-state index in [1.807, 2.05) is 0 Å². The molecule has 12 unspecified atom stereocenters. The van der Waals surface area contributed by atoms with Crippen LogP contribution in [0.4, 0.5) is 0 Å². The third-order valence-electron chi connectivity index (χ3n) is 8.56. The molecule has 4 fully saturated rings. The third kappa shape index (κ3) is 3.84. The SMILES string of the molecule is CC1(C)C2CCC1(C)C(OC1OC(COC3OCC(O)C(O)C3O)C(O)C(O)C1O)C2. The van der Waals surface area contributed by atoms with Gasteiger partial charge in [-0.25, -0.2) is 0 Å². The second kappa shape index (κ2) is 8.43. The standard InChI is InChI=1S/C21H36O10/c1-20(2)9-4-5-21(20,3)12(6-9)31-19-17(27)15(25)14(24)11(30-19)8-29-18-16(26)13(23)10(22)7-28-18/h9-19,22-27H,4-8H2,1-3H3. The molecule has 0 radical (unpaired) electrons. The minimum absolute atomic E-state index is 0.0786. The Bertz CT molecular complexity index is 646. The molecule has 0 spiro atoms. The van der Waals surface area contributed by atoms with Crippen LogP contribution in [-0.4, -0.2) is 105 Å². The largest absolute Gasteiger partial charge is 0.388 e. The third-order valence-corrected chi connectivity index (χ3v) is 8.56. The van der Waals surface area contributed by atoms with Crippen molar-refractivity contribution in [2.45, 2.75) is 101 Å².